The monoisotopic (exact) mass is 594 g/mol. The lowest BCUT2D eigenvalue weighted by molar-refractivity contribution is -0.126. The zero-order chi connectivity index (χ0) is 30.6. The molecule has 0 saturated carbocycles. The fraction of sp³-hybridized carbons (Fsp3) is 0.219. The number of piperidine rings is 1. The molecule has 5 aromatic rings. The van der Waals surface area contributed by atoms with Crippen molar-refractivity contribution in [2.45, 2.75) is 18.9 Å². The number of anilines is 3. The molecule has 1 saturated heterocycles. The van der Waals surface area contributed by atoms with Crippen molar-refractivity contribution in [1.82, 2.24) is 29.6 Å². The minimum atomic E-state index is -0.523. The van der Waals surface area contributed by atoms with E-state index in [0.717, 1.165) is 24.1 Å². The Morgan fingerprint density at radius 2 is 1.95 bits per heavy atom. The number of pyridine rings is 1. The Labute approximate surface area is 253 Å². The van der Waals surface area contributed by atoms with E-state index in [2.05, 4.69) is 37.3 Å². The molecule has 1 aliphatic rings. The highest BCUT2D eigenvalue weighted by Crippen LogP contribution is 2.35. The van der Waals surface area contributed by atoms with Crippen LogP contribution in [0.3, 0.4) is 0 Å². The van der Waals surface area contributed by atoms with Crippen molar-refractivity contribution in [1.29, 1.82) is 0 Å². The number of aromatic nitrogens is 5. The van der Waals surface area contributed by atoms with Gasteiger partial charge in [-0.15, -0.1) is 0 Å². The number of rotatable bonds is 9. The molecule has 1 aliphatic heterocycles. The van der Waals surface area contributed by atoms with Gasteiger partial charge >= 0.3 is 0 Å². The standard InChI is InChI=1S/C32H31FN8O3/c1-4-31(42)41-12-10-21(11-13-41)37-28-15-23-27(16-29(28)43-3)34-19-35-32(23)39-26-9-8-22(14-24(26)33)44-30-7-5-6-25(38-30)20-17-36-40(2)18-20/h4-9,14-19,21,37H,1,10-13H2,2-3H3,(H,34,35,39). The largest absolute Gasteiger partial charge is 0.495 e. The summed E-state index contributed by atoms with van der Waals surface area (Å²) in [6.45, 7) is 4.85. The number of methoxy groups -OCH3 is 1. The van der Waals surface area contributed by atoms with Crippen molar-refractivity contribution in [2.24, 2.45) is 7.05 Å². The summed E-state index contributed by atoms with van der Waals surface area (Å²) >= 11 is 0. The second-order valence-corrected chi connectivity index (χ2v) is 10.4. The van der Waals surface area contributed by atoms with Gasteiger partial charge in [0.1, 0.15) is 29.5 Å². The van der Waals surface area contributed by atoms with Crippen molar-refractivity contribution in [2.75, 3.05) is 30.8 Å². The molecule has 3 aromatic heterocycles. The van der Waals surface area contributed by atoms with Gasteiger partial charge in [-0.1, -0.05) is 12.6 Å². The van der Waals surface area contributed by atoms with Gasteiger partial charge in [0, 0.05) is 61.5 Å². The molecule has 4 heterocycles. The second kappa shape index (κ2) is 12.4. The number of halogens is 1. The van der Waals surface area contributed by atoms with E-state index in [1.165, 1.54) is 18.5 Å². The van der Waals surface area contributed by atoms with Gasteiger partial charge in [-0.05, 0) is 43.2 Å². The third kappa shape index (κ3) is 6.14. The maximum absolute atomic E-state index is 15.3. The summed E-state index contributed by atoms with van der Waals surface area (Å²) in [5.74, 6) is 1.11. The SMILES string of the molecule is C=CC(=O)N1CCC(Nc2cc3c(Nc4ccc(Oc5cccc(-c6cnn(C)c6)n5)cc4F)ncnc3cc2OC)CC1. The molecule has 11 nitrogen and oxygen atoms in total. The molecule has 6 rings (SSSR count). The number of ether oxygens (including phenoxy) is 2. The molecule has 224 valence electrons. The van der Waals surface area contributed by atoms with Crippen LogP contribution in [-0.2, 0) is 11.8 Å². The molecule has 44 heavy (non-hydrogen) atoms. The molecule has 0 unspecified atom stereocenters. The van der Waals surface area contributed by atoms with Crippen molar-refractivity contribution >= 4 is 34.0 Å². The van der Waals surface area contributed by atoms with Crippen molar-refractivity contribution < 1.29 is 18.7 Å². The van der Waals surface area contributed by atoms with Crippen LogP contribution in [0.5, 0.6) is 17.4 Å². The molecule has 2 N–H and O–H groups in total. The van der Waals surface area contributed by atoms with Crippen LogP contribution in [-0.4, -0.2) is 61.8 Å². The van der Waals surface area contributed by atoms with Crippen LogP contribution in [0.25, 0.3) is 22.2 Å². The van der Waals surface area contributed by atoms with Crippen LogP contribution in [0.1, 0.15) is 12.8 Å². The molecule has 2 aromatic carbocycles. The first-order valence-corrected chi connectivity index (χ1v) is 14.1. The molecular weight excluding hydrogens is 563 g/mol. The Balaban J connectivity index is 1.20. The summed E-state index contributed by atoms with van der Waals surface area (Å²) in [5, 5.41) is 11.5. The highest BCUT2D eigenvalue weighted by atomic mass is 19.1. The summed E-state index contributed by atoms with van der Waals surface area (Å²) in [4.78, 5) is 27.1. The summed E-state index contributed by atoms with van der Waals surface area (Å²) < 4.78 is 28.5. The first-order valence-electron chi connectivity index (χ1n) is 14.1. The Bertz CT molecular complexity index is 1830. The number of nitrogens with zero attached hydrogens (tertiary/aromatic N) is 6. The molecule has 0 spiro atoms. The highest BCUT2D eigenvalue weighted by Gasteiger charge is 2.23. The van der Waals surface area contributed by atoms with E-state index in [-0.39, 0.29) is 17.6 Å². The van der Waals surface area contributed by atoms with Crippen LogP contribution < -0.4 is 20.1 Å². The molecule has 0 bridgehead atoms. The van der Waals surface area contributed by atoms with E-state index >= 15 is 4.39 Å². The number of amides is 1. The van der Waals surface area contributed by atoms with Gasteiger partial charge in [0.2, 0.25) is 11.8 Å². The number of hydrogen-bond donors (Lipinski definition) is 2. The van der Waals surface area contributed by atoms with Gasteiger partial charge in [-0.25, -0.2) is 19.3 Å². The predicted octanol–water partition coefficient (Wildman–Crippen LogP) is 5.70. The van der Waals surface area contributed by atoms with E-state index in [0.29, 0.717) is 52.9 Å². The summed E-state index contributed by atoms with van der Waals surface area (Å²) in [6, 6.07) is 13.8. The lowest BCUT2D eigenvalue weighted by Crippen LogP contribution is -2.41. The van der Waals surface area contributed by atoms with Crippen molar-refractivity contribution in [3.63, 3.8) is 0 Å². The number of nitrogens with one attached hydrogen (secondary N) is 2. The third-order valence-electron chi connectivity index (χ3n) is 7.44. The topological polar surface area (TPSA) is 119 Å². The number of likely N-dealkylation sites (tertiary alicyclic amines) is 1. The van der Waals surface area contributed by atoms with Gasteiger partial charge in [-0.2, -0.15) is 5.10 Å². The number of carbonyl (C=O) groups excluding carboxylic acids is 1. The number of carbonyl (C=O) groups is 1. The van der Waals surface area contributed by atoms with E-state index in [9.17, 15) is 4.79 Å². The second-order valence-electron chi connectivity index (χ2n) is 10.4. The fourth-order valence-electron chi connectivity index (χ4n) is 5.15. The average Bonchev–Trinajstić information content (AvgIpc) is 3.48. The van der Waals surface area contributed by atoms with Gasteiger partial charge in [0.15, 0.2) is 0 Å². The molecule has 0 radical (unpaired) electrons. The van der Waals surface area contributed by atoms with Crippen LogP contribution >= 0.6 is 0 Å². The maximum atomic E-state index is 15.3. The summed E-state index contributed by atoms with van der Waals surface area (Å²) in [7, 11) is 3.43. The van der Waals surface area contributed by atoms with E-state index in [1.54, 1.807) is 41.1 Å². The van der Waals surface area contributed by atoms with Gasteiger partial charge in [0.05, 0.1) is 35.9 Å². The van der Waals surface area contributed by atoms with Crippen LogP contribution in [0, 0.1) is 5.82 Å². The van der Waals surface area contributed by atoms with Crippen molar-refractivity contribution in [3.8, 4) is 28.6 Å². The normalized spacial score (nSPS) is 13.5. The Kier molecular flexibility index (Phi) is 8.04. The minimum Gasteiger partial charge on any atom is -0.495 e. The zero-order valence-electron chi connectivity index (χ0n) is 24.3. The highest BCUT2D eigenvalue weighted by molar-refractivity contribution is 5.95. The third-order valence-corrected chi connectivity index (χ3v) is 7.44. The number of aryl methyl sites for hydroxylation is 1. The number of hydrogen-bond acceptors (Lipinski definition) is 9. The molecule has 1 fully saturated rings. The first kappa shape index (κ1) is 28.6. The zero-order valence-corrected chi connectivity index (χ0v) is 24.3. The van der Waals surface area contributed by atoms with Gasteiger partial charge in [-0.3, -0.25) is 9.48 Å². The quantitative estimate of drug-likeness (QED) is 0.207. The van der Waals surface area contributed by atoms with Gasteiger partial charge < -0.3 is 25.0 Å². The average molecular weight is 595 g/mol. The Hall–Kier alpha value is -5.52. The molecule has 0 aliphatic carbocycles. The fourth-order valence-corrected chi connectivity index (χ4v) is 5.15. The van der Waals surface area contributed by atoms with E-state index in [1.807, 2.05) is 37.5 Å². The van der Waals surface area contributed by atoms with Crippen LogP contribution in [0.15, 0.2) is 79.9 Å². The Morgan fingerprint density at radius 3 is 2.68 bits per heavy atom. The number of fused-ring (bicyclic) bond motifs is 1. The van der Waals surface area contributed by atoms with E-state index < -0.39 is 5.82 Å². The summed E-state index contributed by atoms with van der Waals surface area (Å²) in [6.07, 6.45) is 7.89. The lowest BCUT2D eigenvalue weighted by Gasteiger charge is -2.32. The maximum Gasteiger partial charge on any atom is 0.245 e. The molecule has 0 atom stereocenters. The Morgan fingerprint density at radius 1 is 1.11 bits per heavy atom. The first-order chi connectivity index (χ1) is 21.4. The lowest BCUT2D eigenvalue weighted by atomic mass is 10.0. The van der Waals surface area contributed by atoms with Crippen LogP contribution in [0.4, 0.5) is 21.6 Å². The molecular formula is C32H31FN8O3. The van der Waals surface area contributed by atoms with Gasteiger partial charge in [0.25, 0.3) is 0 Å². The molecule has 12 heteroatoms. The molecule has 1 amide bonds. The van der Waals surface area contributed by atoms with Crippen molar-refractivity contribution in [3.05, 3.63) is 85.7 Å². The summed E-state index contributed by atoms with van der Waals surface area (Å²) in [5.41, 5.74) is 3.16. The van der Waals surface area contributed by atoms with Crippen LogP contribution in [0.2, 0.25) is 0 Å². The minimum absolute atomic E-state index is 0.0573. The predicted molar refractivity (Wildman–Crippen MR) is 166 cm³/mol. The smallest absolute Gasteiger partial charge is 0.245 e. The number of benzene rings is 2. The van der Waals surface area contributed by atoms with E-state index in [4.69, 9.17) is 9.47 Å².